The third kappa shape index (κ3) is 4.21. The molecule has 0 spiro atoms. The molecule has 0 radical (unpaired) electrons. The summed E-state index contributed by atoms with van der Waals surface area (Å²) in [4.78, 5) is 25.3. The molecule has 3 aromatic rings. The maximum Gasteiger partial charge on any atom is 0.338 e. The maximum atomic E-state index is 12.9. The minimum Gasteiger partial charge on any atom is -0.459 e. The van der Waals surface area contributed by atoms with Crippen molar-refractivity contribution in [1.29, 1.82) is 0 Å². The van der Waals surface area contributed by atoms with Gasteiger partial charge in [0.2, 0.25) is 0 Å². The quantitative estimate of drug-likeness (QED) is 0.613. The lowest BCUT2D eigenvalue weighted by molar-refractivity contribution is -0.143. The van der Waals surface area contributed by atoms with Crippen molar-refractivity contribution >= 4 is 12.0 Å². The van der Waals surface area contributed by atoms with Gasteiger partial charge in [-0.2, -0.15) is 5.10 Å². The number of nitrogens with one attached hydrogen (secondary N) is 2. The lowest BCUT2D eigenvalue weighted by atomic mass is 9.94. The van der Waals surface area contributed by atoms with Crippen LogP contribution in [-0.2, 0) is 9.53 Å². The minimum atomic E-state index is -0.701. The van der Waals surface area contributed by atoms with Crippen LogP contribution in [0.5, 0.6) is 0 Å². The van der Waals surface area contributed by atoms with Gasteiger partial charge in [-0.15, -0.1) is 0 Å². The normalized spacial score (nSPS) is 16.1. The summed E-state index contributed by atoms with van der Waals surface area (Å²) in [7, 11) is 0. The number of urea groups is 1. The highest BCUT2D eigenvalue weighted by Crippen LogP contribution is 2.35. The second-order valence-corrected chi connectivity index (χ2v) is 7.60. The number of esters is 1. The Kier molecular flexibility index (Phi) is 5.58. The van der Waals surface area contributed by atoms with Crippen LogP contribution in [0.3, 0.4) is 0 Å². The standard InChI is InChI=1S/C24H24N4O3/c1-15(2)31-23(29)20-16(3)25-24(30)26-22(20)19-14-28(18-12-8-5-9-13-18)27-21(19)17-10-6-4-7-11-17/h4-15,22H,1-3H3,(H2,25,26,30). The van der Waals surface area contributed by atoms with Crippen molar-refractivity contribution < 1.29 is 14.3 Å². The monoisotopic (exact) mass is 416 g/mol. The Hall–Kier alpha value is -3.87. The molecule has 2 aromatic carbocycles. The summed E-state index contributed by atoms with van der Waals surface area (Å²) in [5.41, 5.74) is 3.97. The Balaban J connectivity index is 1.88. The number of aromatic nitrogens is 2. The van der Waals surface area contributed by atoms with E-state index < -0.39 is 12.0 Å². The van der Waals surface area contributed by atoms with Gasteiger partial charge >= 0.3 is 12.0 Å². The van der Waals surface area contributed by atoms with Crippen molar-refractivity contribution in [3.63, 3.8) is 0 Å². The second kappa shape index (κ2) is 8.47. The molecule has 2 heterocycles. The van der Waals surface area contributed by atoms with Crippen LogP contribution in [0, 0.1) is 0 Å². The first-order chi connectivity index (χ1) is 14.9. The van der Waals surface area contributed by atoms with E-state index in [4.69, 9.17) is 9.84 Å². The molecule has 0 saturated heterocycles. The van der Waals surface area contributed by atoms with Gasteiger partial charge in [-0.3, -0.25) is 0 Å². The fourth-order valence-corrected chi connectivity index (χ4v) is 3.61. The van der Waals surface area contributed by atoms with Gasteiger partial charge in [0.25, 0.3) is 0 Å². The number of carbonyl (C=O) groups is 2. The number of allylic oxidation sites excluding steroid dienone is 1. The van der Waals surface area contributed by atoms with Crippen molar-refractivity contribution in [3.05, 3.63) is 83.7 Å². The summed E-state index contributed by atoms with van der Waals surface area (Å²) in [5, 5.41) is 10.4. The molecular weight excluding hydrogens is 392 g/mol. The average molecular weight is 416 g/mol. The molecule has 0 bridgehead atoms. The van der Waals surface area contributed by atoms with Gasteiger partial charge in [-0.25, -0.2) is 14.3 Å². The van der Waals surface area contributed by atoms with Gasteiger partial charge in [0.15, 0.2) is 0 Å². The van der Waals surface area contributed by atoms with Crippen molar-refractivity contribution in [1.82, 2.24) is 20.4 Å². The van der Waals surface area contributed by atoms with Gasteiger partial charge in [-0.05, 0) is 32.9 Å². The summed E-state index contributed by atoms with van der Waals surface area (Å²) in [6.45, 7) is 5.29. The first-order valence-corrected chi connectivity index (χ1v) is 10.1. The molecule has 1 aromatic heterocycles. The highest BCUT2D eigenvalue weighted by molar-refractivity contribution is 5.95. The van der Waals surface area contributed by atoms with Crippen LogP contribution >= 0.6 is 0 Å². The predicted molar refractivity (Wildman–Crippen MR) is 117 cm³/mol. The fourth-order valence-electron chi connectivity index (χ4n) is 3.61. The summed E-state index contributed by atoms with van der Waals surface area (Å²) in [5.74, 6) is -0.475. The van der Waals surface area contributed by atoms with E-state index in [0.29, 0.717) is 22.5 Å². The second-order valence-electron chi connectivity index (χ2n) is 7.60. The predicted octanol–water partition coefficient (Wildman–Crippen LogP) is 4.12. The Morgan fingerprint density at radius 2 is 1.71 bits per heavy atom. The largest absolute Gasteiger partial charge is 0.459 e. The number of hydrogen-bond acceptors (Lipinski definition) is 4. The molecule has 1 aliphatic rings. The van der Waals surface area contributed by atoms with Crippen molar-refractivity contribution in [3.8, 4) is 16.9 Å². The number of benzene rings is 2. The molecule has 0 saturated carbocycles. The first-order valence-electron chi connectivity index (χ1n) is 10.1. The van der Waals surface area contributed by atoms with E-state index in [1.807, 2.05) is 66.9 Å². The topological polar surface area (TPSA) is 85.2 Å². The lowest BCUT2D eigenvalue weighted by Crippen LogP contribution is -2.45. The molecule has 1 aliphatic heterocycles. The number of amides is 2. The van der Waals surface area contributed by atoms with Crippen molar-refractivity contribution in [2.45, 2.75) is 32.9 Å². The molecule has 0 aliphatic carbocycles. The molecule has 7 nitrogen and oxygen atoms in total. The molecule has 4 rings (SSSR count). The zero-order valence-electron chi connectivity index (χ0n) is 17.6. The summed E-state index contributed by atoms with van der Waals surface area (Å²) in [6.07, 6.45) is 1.57. The van der Waals surface area contributed by atoms with Crippen LogP contribution in [0.4, 0.5) is 4.79 Å². The van der Waals surface area contributed by atoms with E-state index >= 15 is 0 Å². The first kappa shape index (κ1) is 20.4. The molecule has 1 atom stereocenters. The van der Waals surface area contributed by atoms with E-state index in [0.717, 1.165) is 11.3 Å². The zero-order valence-corrected chi connectivity index (χ0v) is 17.6. The Morgan fingerprint density at radius 1 is 1.06 bits per heavy atom. The molecule has 7 heteroatoms. The molecule has 2 amide bonds. The van der Waals surface area contributed by atoms with E-state index in [9.17, 15) is 9.59 Å². The number of rotatable bonds is 5. The Labute approximate surface area is 180 Å². The molecular formula is C24H24N4O3. The van der Waals surface area contributed by atoms with Gasteiger partial charge < -0.3 is 15.4 Å². The molecule has 31 heavy (non-hydrogen) atoms. The highest BCUT2D eigenvalue weighted by atomic mass is 16.5. The SMILES string of the molecule is CC1=C(C(=O)OC(C)C)C(c2cn(-c3ccccc3)nc2-c2ccccc2)NC(=O)N1. The summed E-state index contributed by atoms with van der Waals surface area (Å²) in [6, 6.07) is 18.3. The maximum absolute atomic E-state index is 12.9. The van der Waals surface area contributed by atoms with Crippen molar-refractivity contribution in [2.24, 2.45) is 0 Å². The van der Waals surface area contributed by atoms with Gasteiger partial charge in [-0.1, -0.05) is 48.5 Å². The van der Waals surface area contributed by atoms with Crippen LogP contribution < -0.4 is 10.6 Å². The minimum absolute atomic E-state index is 0.285. The average Bonchev–Trinajstić information content (AvgIpc) is 3.19. The smallest absolute Gasteiger partial charge is 0.338 e. The van der Waals surface area contributed by atoms with Crippen LogP contribution in [0.25, 0.3) is 16.9 Å². The van der Waals surface area contributed by atoms with E-state index in [1.165, 1.54) is 0 Å². The number of carbonyl (C=O) groups excluding carboxylic acids is 2. The van der Waals surface area contributed by atoms with E-state index in [2.05, 4.69) is 10.6 Å². The van der Waals surface area contributed by atoms with Gasteiger partial charge in [0, 0.05) is 23.0 Å². The molecule has 0 fully saturated rings. The zero-order chi connectivity index (χ0) is 22.0. The molecule has 158 valence electrons. The number of para-hydroxylation sites is 1. The van der Waals surface area contributed by atoms with Crippen LogP contribution in [0.15, 0.2) is 78.1 Å². The molecule has 1 unspecified atom stereocenters. The third-order valence-corrected chi connectivity index (χ3v) is 4.95. The number of nitrogens with zero attached hydrogens (tertiary/aromatic N) is 2. The van der Waals surface area contributed by atoms with Crippen molar-refractivity contribution in [2.75, 3.05) is 0 Å². The number of ether oxygens (including phenoxy) is 1. The highest BCUT2D eigenvalue weighted by Gasteiger charge is 2.35. The Bertz CT molecular complexity index is 1130. The van der Waals surface area contributed by atoms with Crippen LogP contribution in [-0.4, -0.2) is 27.9 Å². The lowest BCUT2D eigenvalue weighted by Gasteiger charge is -2.28. The molecule has 2 N–H and O–H groups in total. The van der Waals surface area contributed by atoms with Gasteiger partial charge in [0.05, 0.1) is 29.1 Å². The van der Waals surface area contributed by atoms with Crippen LogP contribution in [0.2, 0.25) is 0 Å². The van der Waals surface area contributed by atoms with E-state index in [1.54, 1.807) is 25.5 Å². The summed E-state index contributed by atoms with van der Waals surface area (Å²) >= 11 is 0. The van der Waals surface area contributed by atoms with E-state index in [-0.39, 0.29) is 12.1 Å². The van der Waals surface area contributed by atoms with Crippen LogP contribution in [0.1, 0.15) is 32.4 Å². The Morgan fingerprint density at radius 3 is 2.35 bits per heavy atom. The number of hydrogen-bond donors (Lipinski definition) is 2. The van der Waals surface area contributed by atoms with Gasteiger partial charge in [0.1, 0.15) is 0 Å². The fraction of sp³-hybridized carbons (Fsp3) is 0.208. The summed E-state index contributed by atoms with van der Waals surface area (Å²) < 4.78 is 7.23. The third-order valence-electron chi connectivity index (χ3n) is 4.95.